The van der Waals surface area contributed by atoms with Gasteiger partial charge in [0.2, 0.25) is 0 Å². The average Bonchev–Trinajstić information content (AvgIpc) is 3.02. The molecule has 108 valence electrons. The summed E-state index contributed by atoms with van der Waals surface area (Å²) in [4.78, 5) is 4.84. The second-order valence-electron chi connectivity index (χ2n) is 6.33. The molecule has 0 amide bonds. The molecule has 0 spiro atoms. The number of rotatable bonds is 1. The van der Waals surface area contributed by atoms with Crippen molar-refractivity contribution in [2.24, 2.45) is 0 Å². The first-order valence-electron chi connectivity index (χ1n) is 7.56. The van der Waals surface area contributed by atoms with E-state index < -0.39 is 0 Å². The zero-order valence-electron chi connectivity index (χ0n) is 11.9. The zero-order chi connectivity index (χ0) is 13.7. The fourth-order valence-corrected chi connectivity index (χ4v) is 4.04. The van der Waals surface area contributed by atoms with Crippen LogP contribution in [-0.2, 0) is 11.2 Å². The number of fused-ring (bicyclic) bond motifs is 2. The van der Waals surface area contributed by atoms with Crippen LogP contribution in [-0.4, -0.2) is 66.4 Å². The van der Waals surface area contributed by atoms with E-state index in [1.165, 1.54) is 5.56 Å². The van der Waals surface area contributed by atoms with Crippen molar-refractivity contribution in [3.63, 3.8) is 0 Å². The normalized spacial score (nSPS) is 37.9. The number of ether oxygens (including phenoxy) is 1. The van der Waals surface area contributed by atoms with Gasteiger partial charge in [0.05, 0.1) is 18.8 Å². The lowest BCUT2D eigenvalue weighted by molar-refractivity contribution is -0.0376. The Labute approximate surface area is 119 Å². The van der Waals surface area contributed by atoms with Crippen molar-refractivity contribution in [1.29, 1.82) is 0 Å². The molecule has 20 heavy (non-hydrogen) atoms. The van der Waals surface area contributed by atoms with Crippen molar-refractivity contribution in [2.45, 2.75) is 30.7 Å². The van der Waals surface area contributed by atoms with Crippen LogP contribution >= 0.6 is 0 Å². The molecule has 4 nitrogen and oxygen atoms in total. The third kappa shape index (κ3) is 1.91. The van der Waals surface area contributed by atoms with Gasteiger partial charge in [-0.05, 0) is 24.6 Å². The molecular weight excluding hydrogens is 252 g/mol. The molecule has 1 N–H and O–H groups in total. The van der Waals surface area contributed by atoms with Crippen LogP contribution in [0.25, 0.3) is 0 Å². The van der Waals surface area contributed by atoms with Gasteiger partial charge in [0, 0.05) is 31.7 Å². The van der Waals surface area contributed by atoms with Crippen LogP contribution in [0.5, 0.6) is 0 Å². The lowest BCUT2D eigenvalue weighted by Crippen LogP contribution is -2.48. The van der Waals surface area contributed by atoms with E-state index >= 15 is 0 Å². The molecule has 0 bridgehead atoms. The summed E-state index contributed by atoms with van der Waals surface area (Å²) in [7, 11) is 2.18. The van der Waals surface area contributed by atoms with Crippen molar-refractivity contribution in [1.82, 2.24) is 9.80 Å². The summed E-state index contributed by atoms with van der Waals surface area (Å²) in [6.45, 7) is 3.81. The zero-order valence-corrected chi connectivity index (χ0v) is 11.9. The smallest absolute Gasteiger partial charge is 0.0951 e. The maximum Gasteiger partial charge on any atom is 0.0951 e. The first kappa shape index (κ1) is 12.8. The Bertz CT molecular complexity index is 507. The van der Waals surface area contributed by atoms with E-state index in [2.05, 4.69) is 35.0 Å². The maximum absolute atomic E-state index is 10.6. The summed E-state index contributed by atoms with van der Waals surface area (Å²) < 4.78 is 5.91. The Morgan fingerprint density at radius 2 is 2.05 bits per heavy atom. The molecule has 4 atom stereocenters. The number of likely N-dealkylation sites (tertiary alicyclic amines) is 1. The molecule has 4 unspecified atom stereocenters. The lowest BCUT2D eigenvalue weighted by atomic mass is 10.1. The minimum absolute atomic E-state index is 0.218. The molecule has 2 heterocycles. The third-order valence-electron chi connectivity index (χ3n) is 5.24. The van der Waals surface area contributed by atoms with Crippen LogP contribution in [0.4, 0.5) is 0 Å². The van der Waals surface area contributed by atoms with Gasteiger partial charge in [-0.2, -0.15) is 0 Å². The molecule has 0 aromatic heterocycles. The second-order valence-corrected chi connectivity index (χ2v) is 6.33. The van der Waals surface area contributed by atoms with E-state index in [1.807, 2.05) is 6.07 Å². The van der Waals surface area contributed by atoms with Crippen LogP contribution in [0.15, 0.2) is 24.3 Å². The van der Waals surface area contributed by atoms with Gasteiger partial charge in [-0.3, -0.25) is 9.80 Å². The van der Waals surface area contributed by atoms with E-state index in [-0.39, 0.29) is 12.1 Å². The average molecular weight is 274 g/mol. The van der Waals surface area contributed by atoms with E-state index in [0.29, 0.717) is 12.1 Å². The van der Waals surface area contributed by atoms with Gasteiger partial charge in [-0.25, -0.2) is 0 Å². The highest BCUT2D eigenvalue weighted by Gasteiger charge is 2.44. The fourth-order valence-electron chi connectivity index (χ4n) is 4.04. The summed E-state index contributed by atoms with van der Waals surface area (Å²) in [5.74, 6) is 0. The van der Waals surface area contributed by atoms with Gasteiger partial charge in [0.1, 0.15) is 0 Å². The Morgan fingerprint density at radius 3 is 2.85 bits per heavy atom. The van der Waals surface area contributed by atoms with Crippen LogP contribution < -0.4 is 0 Å². The van der Waals surface area contributed by atoms with E-state index in [4.69, 9.17) is 4.74 Å². The number of aliphatic hydroxyl groups is 1. The minimum Gasteiger partial charge on any atom is -0.387 e. The number of likely N-dealkylation sites (N-methyl/N-ethyl adjacent to an activating group) is 1. The Morgan fingerprint density at radius 1 is 1.20 bits per heavy atom. The molecule has 2 aliphatic heterocycles. The number of hydrogen-bond donors (Lipinski definition) is 1. The molecule has 2 saturated heterocycles. The molecular formula is C16H22N2O2. The summed E-state index contributed by atoms with van der Waals surface area (Å²) in [6.07, 6.45) is 0.918. The van der Waals surface area contributed by atoms with Crippen LogP contribution in [0.1, 0.15) is 17.2 Å². The van der Waals surface area contributed by atoms with Gasteiger partial charge in [0.15, 0.2) is 0 Å². The van der Waals surface area contributed by atoms with E-state index in [1.54, 1.807) is 0 Å². The number of hydrogen-bond acceptors (Lipinski definition) is 4. The first-order chi connectivity index (χ1) is 9.74. The Balaban J connectivity index is 1.53. The van der Waals surface area contributed by atoms with Crippen LogP contribution in [0.3, 0.4) is 0 Å². The van der Waals surface area contributed by atoms with Crippen LogP contribution in [0.2, 0.25) is 0 Å². The molecule has 2 fully saturated rings. The third-order valence-corrected chi connectivity index (χ3v) is 5.24. The molecule has 1 aromatic rings. The van der Waals surface area contributed by atoms with E-state index in [9.17, 15) is 5.11 Å². The van der Waals surface area contributed by atoms with Crippen LogP contribution in [0, 0.1) is 0 Å². The standard InChI is InChI=1S/C16H22N2O2/c1-17-6-7-20-15-10-18(9-14(15)17)13-8-11-4-2-3-5-12(11)16(13)19/h2-5,13-16,19H,6-10H2,1H3. The maximum atomic E-state index is 10.6. The molecule has 1 aromatic carbocycles. The SMILES string of the molecule is CN1CCOC2CN(C3Cc4ccccc4C3O)CC21. The number of morpholine rings is 1. The molecule has 0 radical (unpaired) electrons. The van der Waals surface area contributed by atoms with Crippen molar-refractivity contribution in [3.05, 3.63) is 35.4 Å². The topological polar surface area (TPSA) is 35.9 Å². The highest BCUT2D eigenvalue weighted by molar-refractivity contribution is 5.36. The Hall–Kier alpha value is -0.940. The predicted octanol–water partition coefficient (Wildman–Crippen LogP) is 0.659. The highest BCUT2D eigenvalue weighted by atomic mass is 16.5. The Kier molecular flexibility index (Phi) is 3.07. The molecule has 4 heteroatoms. The van der Waals surface area contributed by atoms with Gasteiger partial charge in [-0.1, -0.05) is 24.3 Å². The van der Waals surface area contributed by atoms with Crippen molar-refractivity contribution in [2.75, 3.05) is 33.3 Å². The molecule has 3 aliphatic rings. The predicted molar refractivity (Wildman–Crippen MR) is 76.6 cm³/mol. The van der Waals surface area contributed by atoms with Crippen molar-refractivity contribution < 1.29 is 9.84 Å². The molecule has 4 rings (SSSR count). The second kappa shape index (κ2) is 4.81. The van der Waals surface area contributed by atoms with Gasteiger partial charge < -0.3 is 9.84 Å². The number of aliphatic hydroxyl groups excluding tert-OH is 1. The fraction of sp³-hybridized carbons (Fsp3) is 0.625. The summed E-state index contributed by atoms with van der Waals surface area (Å²) in [5.41, 5.74) is 2.41. The largest absolute Gasteiger partial charge is 0.387 e. The van der Waals surface area contributed by atoms with Gasteiger partial charge >= 0.3 is 0 Å². The quantitative estimate of drug-likeness (QED) is 0.816. The molecule has 1 aliphatic carbocycles. The minimum atomic E-state index is -0.350. The van der Waals surface area contributed by atoms with Gasteiger partial charge in [-0.15, -0.1) is 0 Å². The molecule has 0 saturated carbocycles. The summed E-state index contributed by atoms with van der Waals surface area (Å²) >= 11 is 0. The van der Waals surface area contributed by atoms with E-state index in [0.717, 1.165) is 38.2 Å². The summed E-state index contributed by atoms with van der Waals surface area (Å²) in [5, 5.41) is 10.6. The van der Waals surface area contributed by atoms with Crippen molar-refractivity contribution in [3.8, 4) is 0 Å². The lowest BCUT2D eigenvalue weighted by Gasteiger charge is -2.33. The highest BCUT2D eigenvalue weighted by Crippen LogP contribution is 2.36. The number of nitrogens with zero attached hydrogens (tertiary/aromatic N) is 2. The van der Waals surface area contributed by atoms with Crippen molar-refractivity contribution >= 4 is 0 Å². The monoisotopic (exact) mass is 274 g/mol. The van der Waals surface area contributed by atoms with Gasteiger partial charge in [0.25, 0.3) is 0 Å². The first-order valence-corrected chi connectivity index (χ1v) is 7.56. The summed E-state index contributed by atoms with van der Waals surface area (Å²) in [6, 6.07) is 8.99. The number of benzene rings is 1.